The first kappa shape index (κ1) is 24.5. The topological polar surface area (TPSA) is 49.4 Å². The molecule has 4 nitrogen and oxygen atoms in total. The smallest absolute Gasteiger partial charge is 0.242 e. The molecular formula is C23H27Cl3N2O2. The Bertz CT molecular complexity index is 887. The van der Waals surface area contributed by atoms with Crippen molar-refractivity contribution in [3.63, 3.8) is 0 Å². The van der Waals surface area contributed by atoms with Crippen molar-refractivity contribution < 1.29 is 9.59 Å². The lowest BCUT2D eigenvalue weighted by Gasteiger charge is -2.31. The SMILES string of the molecule is CC[C@@H](C(=O)NCC(C)C)N(Cc1ccccc1Cl)C(=O)Cc1ccc(Cl)cc1Cl. The number of rotatable bonds is 9. The van der Waals surface area contributed by atoms with E-state index in [4.69, 9.17) is 34.8 Å². The second-order valence-electron chi connectivity index (χ2n) is 7.59. The van der Waals surface area contributed by atoms with Crippen LogP contribution in [0.3, 0.4) is 0 Å². The normalized spacial score (nSPS) is 12.0. The van der Waals surface area contributed by atoms with E-state index in [1.54, 1.807) is 29.2 Å². The number of carbonyl (C=O) groups is 2. The van der Waals surface area contributed by atoms with E-state index in [1.165, 1.54) is 0 Å². The third-order valence-corrected chi connectivity index (χ3v) is 5.68. The van der Waals surface area contributed by atoms with Crippen LogP contribution in [-0.4, -0.2) is 29.3 Å². The third-order valence-electron chi connectivity index (χ3n) is 4.73. The summed E-state index contributed by atoms with van der Waals surface area (Å²) in [6.07, 6.45) is 0.545. The minimum atomic E-state index is -0.612. The van der Waals surface area contributed by atoms with Crippen molar-refractivity contribution in [3.8, 4) is 0 Å². The second kappa shape index (κ2) is 11.6. The Balaban J connectivity index is 2.32. The molecule has 0 bridgehead atoms. The maximum Gasteiger partial charge on any atom is 0.242 e. The molecule has 0 radical (unpaired) electrons. The number of hydrogen-bond acceptors (Lipinski definition) is 2. The average molecular weight is 470 g/mol. The molecule has 0 aliphatic rings. The molecule has 0 spiro atoms. The zero-order chi connectivity index (χ0) is 22.3. The Morgan fingerprint density at radius 3 is 2.30 bits per heavy atom. The van der Waals surface area contributed by atoms with Crippen molar-refractivity contribution in [1.29, 1.82) is 0 Å². The summed E-state index contributed by atoms with van der Waals surface area (Å²) in [6.45, 7) is 6.72. The summed E-state index contributed by atoms with van der Waals surface area (Å²) in [5.41, 5.74) is 1.44. The molecule has 1 atom stereocenters. The van der Waals surface area contributed by atoms with Gasteiger partial charge >= 0.3 is 0 Å². The van der Waals surface area contributed by atoms with Crippen molar-refractivity contribution in [1.82, 2.24) is 10.2 Å². The van der Waals surface area contributed by atoms with Gasteiger partial charge in [-0.2, -0.15) is 0 Å². The Labute approximate surface area is 193 Å². The van der Waals surface area contributed by atoms with Gasteiger partial charge in [0, 0.05) is 28.2 Å². The van der Waals surface area contributed by atoms with E-state index in [9.17, 15) is 9.59 Å². The molecule has 0 aromatic heterocycles. The Hall–Kier alpha value is -1.75. The molecule has 0 saturated carbocycles. The zero-order valence-corrected chi connectivity index (χ0v) is 19.7. The summed E-state index contributed by atoms with van der Waals surface area (Å²) in [5.74, 6) is -0.0634. The second-order valence-corrected chi connectivity index (χ2v) is 8.84. The van der Waals surface area contributed by atoms with Gasteiger partial charge in [-0.05, 0) is 41.7 Å². The van der Waals surface area contributed by atoms with E-state index >= 15 is 0 Å². The number of nitrogens with one attached hydrogen (secondary N) is 1. The molecule has 1 N–H and O–H groups in total. The maximum atomic E-state index is 13.3. The van der Waals surface area contributed by atoms with E-state index in [1.807, 2.05) is 39.0 Å². The molecule has 30 heavy (non-hydrogen) atoms. The van der Waals surface area contributed by atoms with Crippen molar-refractivity contribution >= 4 is 46.6 Å². The van der Waals surface area contributed by atoms with E-state index < -0.39 is 6.04 Å². The number of amides is 2. The van der Waals surface area contributed by atoms with Gasteiger partial charge in [-0.15, -0.1) is 0 Å². The standard InChI is InChI=1S/C23H27Cl3N2O2/c1-4-21(23(30)27-13-15(2)3)28(14-17-7-5-6-8-19(17)25)22(29)11-16-9-10-18(24)12-20(16)26/h5-10,12,15,21H,4,11,13-14H2,1-3H3,(H,27,30)/t21-/m0/s1. The highest BCUT2D eigenvalue weighted by atomic mass is 35.5. The van der Waals surface area contributed by atoms with E-state index in [-0.39, 0.29) is 24.8 Å². The Morgan fingerprint density at radius 1 is 1.00 bits per heavy atom. The first-order valence-electron chi connectivity index (χ1n) is 9.97. The molecule has 7 heteroatoms. The summed E-state index contributed by atoms with van der Waals surface area (Å²) in [4.78, 5) is 27.8. The van der Waals surface area contributed by atoms with Crippen LogP contribution in [0.15, 0.2) is 42.5 Å². The molecule has 0 aliphatic heterocycles. The van der Waals surface area contributed by atoms with Gasteiger partial charge in [-0.25, -0.2) is 0 Å². The van der Waals surface area contributed by atoms with Gasteiger partial charge in [0.05, 0.1) is 6.42 Å². The van der Waals surface area contributed by atoms with Gasteiger partial charge in [0.2, 0.25) is 11.8 Å². The summed E-state index contributed by atoms with van der Waals surface area (Å²) in [6, 6.07) is 11.7. The predicted molar refractivity (Wildman–Crippen MR) is 124 cm³/mol. The summed E-state index contributed by atoms with van der Waals surface area (Å²) in [5, 5.41) is 4.42. The van der Waals surface area contributed by atoms with Crippen LogP contribution in [-0.2, 0) is 22.6 Å². The average Bonchev–Trinajstić information content (AvgIpc) is 2.69. The van der Waals surface area contributed by atoms with Gasteiger partial charge in [-0.1, -0.05) is 79.8 Å². The molecule has 2 rings (SSSR count). The highest BCUT2D eigenvalue weighted by Gasteiger charge is 2.29. The number of hydrogen-bond donors (Lipinski definition) is 1. The maximum absolute atomic E-state index is 13.3. The van der Waals surface area contributed by atoms with E-state index in [0.717, 1.165) is 5.56 Å². The van der Waals surface area contributed by atoms with Crippen molar-refractivity contribution in [2.45, 2.75) is 46.2 Å². The van der Waals surface area contributed by atoms with Crippen LogP contribution in [0.5, 0.6) is 0 Å². The molecule has 2 aromatic rings. The first-order chi connectivity index (χ1) is 14.2. The van der Waals surface area contributed by atoms with Crippen LogP contribution in [0.1, 0.15) is 38.3 Å². The molecule has 162 valence electrons. The summed E-state index contributed by atoms with van der Waals surface area (Å²) in [7, 11) is 0. The van der Waals surface area contributed by atoms with Gasteiger partial charge < -0.3 is 10.2 Å². The minimum Gasteiger partial charge on any atom is -0.354 e. The van der Waals surface area contributed by atoms with Gasteiger partial charge in [0.15, 0.2) is 0 Å². The van der Waals surface area contributed by atoms with Crippen LogP contribution in [0.2, 0.25) is 15.1 Å². The summed E-state index contributed by atoms with van der Waals surface area (Å²) >= 11 is 18.6. The Kier molecular flexibility index (Phi) is 9.47. The van der Waals surface area contributed by atoms with Crippen molar-refractivity contribution in [2.24, 2.45) is 5.92 Å². The number of benzene rings is 2. The first-order valence-corrected chi connectivity index (χ1v) is 11.1. The fourth-order valence-electron chi connectivity index (χ4n) is 3.08. The molecule has 0 saturated heterocycles. The molecule has 2 amide bonds. The van der Waals surface area contributed by atoms with Crippen molar-refractivity contribution in [3.05, 3.63) is 68.7 Å². The predicted octanol–water partition coefficient (Wildman–Crippen LogP) is 5.77. The number of halogens is 3. The van der Waals surface area contributed by atoms with Gasteiger partial charge in [-0.3, -0.25) is 9.59 Å². The third kappa shape index (κ3) is 6.90. The van der Waals surface area contributed by atoms with Crippen LogP contribution < -0.4 is 5.32 Å². The number of carbonyl (C=O) groups excluding carboxylic acids is 2. The van der Waals surface area contributed by atoms with Crippen molar-refractivity contribution in [2.75, 3.05) is 6.54 Å². The Morgan fingerprint density at radius 2 is 1.70 bits per heavy atom. The molecule has 0 aliphatic carbocycles. The fourth-order valence-corrected chi connectivity index (χ4v) is 3.75. The van der Waals surface area contributed by atoms with Gasteiger partial charge in [0.1, 0.15) is 6.04 Å². The van der Waals surface area contributed by atoms with Crippen LogP contribution in [0, 0.1) is 5.92 Å². The molecular weight excluding hydrogens is 443 g/mol. The van der Waals surface area contributed by atoms with Gasteiger partial charge in [0.25, 0.3) is 0 Å². The van der Waals surface area contributed by atoms with E-state index in [0.29, 0.717) is 39.5 Å². The monoisotopic (exact) mass is 468 g/mol. The minimum absolute atomic E-state index is 0.0639. The lowest BCUT2D eigenvalue weighted by molar-refractivity contribution is -0.141. The van der Waals surface area contributed by atoms with Crippen LogP contribution in [0.4, 0.5) is 0 Å². The largest absolute Gasteiger partial charge is 0.354 e. The number of nitrogens with zero attached hydrogens (tertiary/aromatic N) is 1. The lowest BCUT2D eigenvalue weighted by Crippen LogP contribution is -2.50. The highest BCUT2D eigenvalue weighted by Crippen LogP contribution is 2.24. The zero-order valence-electron chi connectivity index (χ0n) is 17.4. The molecule has 0 heterocycles. The van der Waals surface area contributed by atoms with Crippen LogP contribution in [0.25, 0.3) is 0 Å². The quantitative estimate of drug-likeness (QED) is 0.507. The van der Waals surface area contributed by atoms with E-state index in [2.05, 4.69) is 5.32 Å². The van der Waals surface area contributed by atoms with Crippen LogP contribution >= 0.6 is 34.8 Å². The highest BCUT2D eigenvalue weighted by molar-refractivity contribution is 6.35. The molecule has 0 fully saturated rings. The summed E-state index contributed by atoms with van der Waals surface area (Å²) < 4.78 is 0. The fraction of sp³-hybridized carbons (Fsp3) is 0.391. The molecule has 0 unspecified atom stereocenters. The molecule has 2 aromatic carbocycles. The lowest BCUT2D eigenvalue weighted by atomic mass is 10.1.